The van der Waals surface area contributed by atoms with Gasteiger partial charge >= 0.3 is 0 Å². The maximum atomic E-state index is 13.5. The molecule has 0 aliphatic heterocycles. The van der Waals surface area contributed by atoms with Crippen molar-refractivity contribution in [2.24, 2.45) is 11.3 Å². The normalized spacial score (nSPS) is 16.6. The Morgan fingerprint density at radius 1 is 1.37 bits per heavy atom. The summed E-state index contributed by atoms with van der Waals surface area (Å²) in [7, 11) is 0. The van der Waals surface area contributed by atoms with E-state index < -0.39 is 23.2 Å². The van der Waals surface area contributed by atoms with Gasteiger partial charge in [0.25, 0.3) is 5.91 Å². The molecule has 4 N–H and O–H groups in total. The van der Waals surface area contributed by atoms with Crippen molar-refractivity contribution in [3.05, 3.63) is 29.3 Å². The highest BCUT2D eigenvalue weighted by molar-refractivity contribution is 5.94. The minimum absolute atomic E-state index is 0.0445. The third-order valence-corrected chi connectivity index (χ3v) is 3.69. The number of carbonyl (C=O) groups excluding carboxylic acids is 1. The second kappa shape index (κ2) is 5.13. The first-order valence-electron chi connectivity index (χ1n) is 6.19. The largest absolute Gasteiger partial charge is 0.351 e. The lowest BCUT2D eigenvalue weighted by molar-refractivity contribution is 0.0890. The van der Waals surface area contributed by atoms with Gasteiger partial charge in [-0.05, 0) is 30.4 Å². The van der Waals surface area contributed by atoms with Gasteiger partial charge in [-0.2, -0.15) is 0 Å². The van der Waals surface area contributed by atoms with Gasteiger partial charge < -0.3 is 10.7 Å². The van der Waals surface area contributed by atoms with Crippen LogP contribution in [0, 0.1) is 17.0 Å². The molecule has 104 valence electrons. The third kappa shape index (κ3) is 2.84. The molecule has 0 bridgehead atoms. The number of carbonyl (C=O) groups is 1. The molecule has 0 unspecified atom stereocenters. The molecule has 1 aliphatic rings. The Labute approximate surface area is 110 Å². The van der Waals surface area contributed by atoms with E-state index in [0.717, 1.165) is 31.4 Å². The van der Waals surface area contributed by atoms with E-state index in [1.165, 1.54) is 0 Å². The quantitative estimate of drug-likeness (QED) is 0.579. The highest BCUT2D eigenvalue weighted by Gasteiger charge is 2.32. The molecule has 0 spiro atoms. The van der Waals surface area contributed by atoms with Crippen LogP contribution in [0.2, 0.25) is 0 Å². The maximum absolute atomic E-state index is 13.5. The Hall–Kier alpha value is -1.69. The average Bonchev–Trinajstić information content (AvgIpc) is 2.33. The number of nitrogen functional groups attached to an aromatic ring is 1. The summed E-state index contributed by atoms with van der Waals surface area (Å²) in [6.07, 6.45) is 3.28. The second-order valence-corrected chi connectivity index (χ2v) is 5.31. The molecule has 1 amide bonds. The maximum Gasteiger partial charge on any atom is 0.251 e. The van der Waals surface area contributed by atoms with E-state index in [9.17, 15) is 13.6 Å². The fourth-order valence-corrected chi connectivity index (χ4v) is 2.19. The molecular weight excluding hydrogens is 252 g/mol. The molecule has 4 nitrogen and oxygen atoms in total. The number of halogens is 2. The lowest BCUT2D eigenvalue weighted by atomic mass is 9.70. The molecule has 1 aromatic carbocycles. The Morgan fingerprint density at radius 3 is 2.37 bits per heavy atom. The summed E-state index contributed by atoms with van der Waals surface area (Å²) in [5, 5.41) is 2.71. The number of amides is 1. The van der Waals surface area contributed by atoms with E-state index in [2.05, 4.69) is 12.2 Å². The fraction of sp³-hybridized carbons (Fsp3) is 0.462. The van der Waals surface area contributed by atoms with Gasteiger partial charge in [-0.25, -0.2) is 8.78 Å². The Balaban J connectivity index is 2.07. The van der Waals surface area contributed by atoms with Crippen LogP contribution in [0.15, 0.2) is 12.1 Å². The first kappa shape index (κ1) is 13.7. The van der Waals surface area contributed by atoms with Gasteiger partial charge in [0.2, 0.25) is 0 Å². The van der Waals surface area contributed by atoms with Crippen LogP contribution in [0.5, 0.6) is 0 Å². The minimum atomic E-state index is -0.887. The highest BCUT2D eigenvalue weighted by Crippen LogP contribution is 2.39. The fourth-order valence-electron chi connectivity index (χ4n) is 2.19. The van der Waals surface area contributed by atoms with Crippen molar-refractivity contribution in [1.82, 2.24) is 5.32 Å². The summed E-state index contributed by atoms with van der Waals surface area (Å²) in [5.74, 6) is 2.74. The van der Waals surface area contributed by atoms with Crippen LogP contribution in [0.4, 0.5) is 14.5 Å². The number of hydrazine groups is 1. The van der Waals surface area contributed by atoms with Crippen molar-refractivity contribution in [2.75, 3.05) is 12.0 Å². The Bertz CT molecular complexity index is 478. The van der Waals surface area contributed by atoms with Crippen molar-refractivity contribution in [2.45, 2.75) is 26.2 Å². The topological polar surface area (TPSA) is 67.2 Å². The van der Waals surface area contributed by atoms with Gasteiger partial charge in [0.1, 0.15) is 5.69 Å². The summed E-state index contributed by atoms with van der Waals surface area (Å²) < 4.78 is 26.9. The predicted octanol–water partition coefficient (Wildman–Crippen LogP) is 2.17. The number of nitrogens with one attached hydrogen (secondary N) is 2. The second-order valence-electron chi connectivity index (χ2n) is 5.31. The van der Waals surface area contributed by atoms with Crippen LogP contribution >= 0.6 is 0 Å². The first-order chi connectivity index (χ1) is 8.95. The van der Waals surface area contributed by atoms with Crippen molar-refractivity contribution >= 4 is 11.6 Å². The summed E-state index contributed by atoms with van der Waals surface area (Å²) in [4.78, 5) is 11.8. The van der Waals surface area contributed by atoms with E-state index in [0.29, 0.717) is 6.54 Å². The minimum Gasteiger partial charge on any atom is -0.351 e. The zero-order chi connectivity index (χ0) is 14.0. The van der Waals surface area contributed by atoms with Gasteiger partial charge in [0.05, 0.1) is 0 Å². The van der Waals surface area contributed by atoms with Crippen LogP contribution in [-0.2, 0) is 0 Å². The Morgan fingerprint density at radius 2 is 1.95 bits per heavy atom. The summed E-state index contributed by atoms with van der Waals surface area (Å²) in [6, 6.07) is 1.94. The van der Waals surface area contributed by atoms with Gasteiger partial charge in [0, 0.05) is 12.1 Å². The monoisotopic (exact) mass is 269 g/mol. The summed E-state index contributed by atoms with van der Waals surface area (Å²) in [6.45, 7) is 2.60. The van der Waals surface area contributed by atoms with Gasteiger partial charge in [0.15, 0.2) is 11.6 Å². The molecule has 0 radical (unpaired) electrons. The molecule has 0 saturated heterocycles. The van der Waals surface area contributed by atoms with E-state index in [-0.39, 0.29) is 11.0 Å². The average molecular weight is 269 g/mol. The smallest absolute Gasteiger partial charge is 0.251 e. The number of benzene rings is 1. The van der Waals surface area contributed by atoms with Crippen molar-refractivity contribution < 1.29 is 13.6 Å². The molecule has 1 fully saturated rings. The lowest BCUT2D eigenvalue weighted by Crippen LogP contribution is -2.40. The molecule has 1 aromatic rings. The van der Waals surface area contributed by atoms with Gasteiger partial charge in [-0.15, -0.1) is 0 Å². The van der Waals surface area contributed by atoms with E-state index >= 15 is 0 Å². The van der Waals surface area contributed by atoms with Crippen LogP contribution in [0.3, 0.4) is 0 Å². The zero-order valence-corrected chi connectivity index (χ0v) is 10.7. The number of hydrogen-bond acceptors (Lipinski definition) is 3. The molecule has 0 atom stereocenters. The molecule has 0 aromatic heterocycles. The van der Waals surface area contributed by atoms with Gasteiger partial charge in [-0.1, -0.05) is 13.3 Å². The molecule has 0 heterocycles. The Kier molecular flexibility index (Phi) is 3.71. The first-order valence-corrected chi connectivity index (χ1v) is 6.19. The molecule has 19 heavy (non-hydrogen) atoms. The van der Waals surface area contributed by atoms with Gasteiger partial charge in [-0.3, -0.25) is 10.6 Å². The van der Waals surface area contributed by atoms with Crippen LogP contribution in [0.1, 0.15) is 36.5 Å². The predicted molar refractivity (Wildman–Crippen MR) is 68.5 cm³/mol. The van der Waals surface area contributed by atoms with Crippen LogP contribution in [0.25, 0.3) is 0 Å². The third-order valence-electron chi connectivity index (χ3n) is 3.69. The number of rotatable bonds is 4. The molecule has 6 heteroatoms. The number of hydrogen-bond donors (Lipinski definition) is 3. The van der Waals surface area contributed by atoms with Crippen LogP contribution < -0.4 is 16.6 Å². The van der Waals surface area contributed by atoms with Crippen LogP contribution in [-0.4, -0.2) is 12.5 Å². The van der Waals surface area contributed by atoms with E-state index in [1.54, 1.807) is 0 Å². The summed E-state index contributed by atoms with van der Waals surface area (Å²) >= 11 is 0. The number of anilines is 1. The van der Waals surface area contributed by atoms with Crippen molar-refractivity contribution in [3.8, 4) is 0 Å². The number of nitrogens with two attached hydrogens (primary N) is 1. The van der Waals surface area contributed by atoms with Crippen molar-refractivity contribution in [1.29, 1.82) is 0 Å². The molecule has 1 saturated carbocycles. The molecule has 1 aliphatic carbocycles. The SMILES string of the molecule is CC1(CNC(=O)c2cc(F)c(NN)c(F)c2)CCC1. The summed E-state index contributed by atoms with van der Waals surface area (Å²) in [5.41, 5.74) is 1.55. The molecule has 2 rings (SSSR count). The standard InChI is InChI=1S/C13H17F2N3O/c1-13(3-2-4-13)7-17-12(19)8-5-9(14)11(18-16)10(15)6-8/h5-6,18H,2-4,7,16H2,1H3,(H,17,19). The molecular formula is C13H17F2N3O. The van der Waals surface area contributed by atoms with Crippen molar-refractivity contribution in [3.63, 3.8) is 0 Å². The highest BCUT2D eigenvalue weighted by atomic mass is 19.1. The lowest BCUT2D eigenvalue weighted by Gasteiger charge is -2.38. The van der Waals surface area contributed by atoms with E-state index in [1.807, 2.05) is 5.43 Å². The zero-order valence-electron chi connectivity index (χ0n) is 10.7. The van der Waals surface area contributed by atoms with E-state index in [4.69, 9.17) is 5.84 Å².